The molecule has 1 rings (SSSR count). The fraction of sp³-hybridized carbons (Fsp3) is 0.250. The fourth-order valence-electron chi connectivity index (χ4n) is 0.966. The quantitative estimate of drug-likeness (QED) is 0.468. The zero-order valence-corrected chi connectivity index (χ0v) is 9.92. The van der Waals surface area contributed by atoms with E-state index in [2.05, 4.69) is 9.72 Å². The Morgan fingerprint density at radius 3 is 2.41 bits per heavy atom. The topological polar surface area (TPSA) is 39.2 Å². The molecule has 1 heterocycles. The SMILES string of the molecule is O=Cc1cnc(OC(F)(F)F)c(C(F)F)c1I. The average molecular weight is 367 g/mol. The lowest BCUT2D eigenvalue weighted by Gasteiger charge is -2.13. The summed E-state index contributed by atoms with van der Waals surface area (Å²) < 4.78 is 63.9. The van der Waals surface area contributed by atoms with Gasteiger partial charge in [-0.3, -0.25) is 4.79 Å². The lowest BCUT2D eigenvalue weighted by molar-refractivity contribution is -0.276. The molecule has 0 unspecified atom stereocenters. The molecule has 0 atom stereocenters. The number of nitrogens with zero attached hydrogens (tertiary/aromatic N) is 1. The lowest BCUT2D eigenvalue weighted by Crippen LogP contribution is -2.20. The predicted molar refractivity (Wildman–Crippen MR) is 54.0 cm³/mol. The van der Waals surface area contributed by atoms with Crippen molar-refractivity contribution in [3.05, 3.63) is 20.9 Å². The van der Waals surface area contributed by atoms with Crippen LogP contribution in [-0.4, -0.2) is 17.6 Å². The summed E-state index contributed by atoms with van der Waals surface area (Å²) in [5.41, 5.74) is -1.28. The van der Waals surface area contributed by atoms with Crippen molar-refractivity contribution in [3.63, 3.8) is 0 Å². The van der Waals surface area contributed by atoms with E-state index >= 15 is 0 Å². The van der Waals surface area contributed by atoms with Gasteiger partial charge in [-0.2, -0.15) is 0 Å². The highest BCUT2D eigenvalue weighted by Crippen LogP contribution is 2.35. The minimum absolute atomic E-state index is 0.220. The van der Waals surface area contributed by atoms with Crippen LogP contribution in [0.1, 0.15) is 22.3 Å². The van der Waals surface area contributed by atoms with Crippen LogP contribution in [0.5, 0.6) is 5.88 Å². The molecule has 9 heteroatoms. The van der Waals surface area contributed by atoms with Gasteiger partial charge in [0.05, 0.1) is 5.56 Å². The second kappa shape index (κ2) is 5.10. The molecule has 0 aromatic carbocycles. The zero-order valence-electron chi connectivity index (χ0n) is 7.76. The molecule has 0 aliphatic heterocycles. The van der Waals surface area contributed by atoms with Gasteiger partial charge in [-0.05, 0) is 22.6 Å². The Kier molecular flexibility index (Phi) is 4.22. The average Bonchev–Trinajstić information content (AvgIpc) is 2.14. The number of carbonyl (C=O) groups is 1. The molecule has 0 bridgehead atoms. The van der Waals surface area contributed by atoms with Crippen LogP contribution >= 0.6 is 22.6 Å². The van der Waals surface area contributed by atoms with Gasteiger partial charge in [0.2, 0.25) is 5.88 Å². The van der Waals surface area contributed by atoms with Crippen LogP contribution in [0, 0.1) is 3.57 Å². The molecule has 0 saturated carbocycles. The van der Waals surface area contributed by atoms with Crippen molar-refractivity contribution in [2.45, 2.75) is 12.8 Å². The van der Waals surface area contributed by atoms with Gasteiger partial charge in [0.25, 0.3) is 6.43 Å². The van der Waals surface area contributed by atoms with Crippen LogP contribution in [0.3, 0.4) is 0 Å². The minimum atomic E-state index is -5.12. The van der Waals surface area contributed by atoms with Gasteiger partial charge in [-0.25, -0.2) is 13.8 Å². The zero-order chi connectivity index (χ0) is 13.2. The number of carbonyl (C=O) groups excluding carboxylic acids is 1. The number of hydrogen-bond acceptors (Lipinski definition) is 3. The van der Waals surface area contributed by atoms with Crippen LogP contribution in [0.15, 0.2) is 6.20 Å². The molecular formula is C8H3F5INO2. The monoisotopic (exact) mass is 367 g/mol. The van der Waals surface area contributed by atoms with Crippen LogP contribution in [0.2, 0.25) is 0 Å². The highest BCUT2D eigenvalue weighted by Gasteiger charge is 2.35. The summed E-state index contributed by atoms with van der Waals surface area (Å²) in [5, 5.41) is 0. The molecule has 1 aromatic rings. The molecule has 0 N–H and O–H groups in total. The van der Waals surface area contributed by atoms with Crippen molar-refractivity contribution in [2.24, 2.45) is 0 Å². The van der Waals surface area contributed by atoms with E-state index in [9.17, 15) is 26.7 Å². The van der Waals surface area contributed by atoms with Gasteiger partial charge in [0.15, 0.2) is 6.29 Å². The molecule has 0 saturated heterocycles. The van der Waals surface area contributed by atoms with Gasteiger partial charge in [0.1, 0.15) is 0 Å². The Bertz CT molecular complexity index is 435. The van der Waals surface area contributed by atoms with E-state index in [1.165, 1.54) is 22.6 Å². The van der Waals surface area contributed by atoms with Crippen molar-refractivity contribution in [1.82, 2.24) is 4.98 Å². The van der Waals surface area contributed by atoms with Gasteiger partial charge in [-0.1, -0.05) is 0 Å². The first kappa shape index (κ1) is 14.1. The number of alkyl halides is 5. The summed E-state index contributed by atoms with van der Waals surface area (Å²) >= 11 is 1.33. The maximum absolute atomic E-state index is 12.6. The van der Waals surface area contributed by atoms with Crippen molar-refractivity contribution < 1.29 is 31.5 Å². The molecule has 0 radical (unpaired) electrons. The van der Waals surface area contributed by atoms with E-state index in [-0.39, 0.29) is 15.4 Å². The summed E-state index contributed by atoms with van der Waals surface area (Å²) in [6.07, 6.45) is -7.39. The third-order valence-corrected chi connectivity index (χ3v) is 2.80. The van der Waals surface area contributed by atoms with E-state index in [1.54, 1.807) is 0 Å². The Morgan fingerprint density at radius 2 is 2.00 bits per heavy atom. The molecule has 94 valence electrons. The fourth-order valence-corrected chi connectivity index (χ4v) is 1.70. The van der Waals surface area contributed by atoms with E-state index < -0.39 is 24.2 Å². The summed E-state index contributed by atoms with van der Waals surface area (Å²) in [6.45, 7) is 0. The Labute approximate surface area is 105 Å². The Hall–Kier alpha value is -1.00. The number of pyridine rings is 1. The van der Waals surface area contributed by atoms with Crippen molar-refractivity contribution in [3.8, 4) is 5.88 Å². The largest absolute Gasteiger partial charge is 0.574 e. The highest BCUT2D eigenvalue weighted by molar-refractivity contribution is 14.1. The molecule has 0 aliphatic rings. The minimum Gasteiger partial charge on any atom is -0.387 e. The van der Waals surface area contributed by atoms with Gasteiger partial charge in [0, 0.05) is 15.3 Å². The smallest absolute Gasteiger partial charge is 0.387 e. The number of aromatic nitrogens is 1. The summed E-state index contributed by atoms with van der Waals surface area (Å²) in [7, 11) is 0. The van der Waals surface area contributed by atoms with Crippen LogP contribution in [0.4, 0.5) is 22.0 Å². The summed E-state index contributed by atoms with van der Waals surface area (Å²) in [5.74, 6) is -1.25. The van der Waals surface area contributed by atoms with Crippen LogP contribution < -0.4 is 4.74 Å². The number of hydrogen-bond donors (Lipinski definition) is 0. The van der Waals surface area contributed by atoms with E-state index in [0.29, 0.717) is 0 Å². The van der Waals surface area contributed by atoms with E-state index in [0.717, 1.165) is 6.20 Å². The summed E-state index contributed by atoms with van der Waals surface area (Å²) in [6, 6.07) is 0. The number of rotatable bonds is 3. The second-order valence-electron chi connectivity index (χ2n) is 2.71. The van der Waals surface area contributed by atoms with Crippen molar-refractivity contribution >= 4 is 28.9 Å². The Morgan fingerprint density at radius 1 is 1.41 bits per heavy atom. The normalized spacial score (nSPS) is 11.7. The first-order valence-electron chi connectivity index (χ1n) is 3.93. The van der Waals surface area contributed by atoms with E-state index in [1.807, 2.05) is 0 Å². The number of ether oxygens (including phenoxy) is 1. The maximum Gasteiger partial charge on any atom is 0.574 e. The third-order valence-electron chi connectivity index (χ3n) is 1.60. The van der Waals surface area contributed by atoms with Crippen molar-refractivity contribution in [1.29, 1.82) is 0 Å². The Balaban J connectivity index is 3.31. The molecule has 3 nitrogen and oxygen atoms in total. The molecule has 0 spiro atoms. The molecule has 0 fully saturated rings. The standard InChI is InChI=1S/C8H3F5INO2/c9-6(10)4-5(14)3(2-16)1-15-7(4)17-8(11,12)13/h1-2,6H. The highest BCUT2D eigenvalue weighted by atomic mass is 127. The maximum atomic E-state index is 12.6. The van der Waals surface area contributed by atoms with Crippen LogP contribution in [-0.2, 0) is 0 Å². The lowest BCUT2D eigenvalue weighted by atomic mass is 10.2. The number of halogens is 6. The molecule has 0 aliphatic carbocycles. The van der Waals surface area contributed by atoms with Gasteiger partial charge in [-0.15, -0.1) is 13.2 Å². The van der Waals surface area contributed by atoms with Gasteiger partial charge >= 0.3 is 6.36 Å². The first-order chi connectivity index (χ1) is 7.76. The molecule has 1 aromatic heterocycles. The molecular weight excluding hydrogens is 364 g/mol. The first-order valence-corrected chi connectivity index (χ1v) is 5.01. The van der Waals surface area contributed by atoms with E-state index in [4.69, 9.17) is 0 Å². The molecule has 0 amide bonds. The van der Waals surface area contributed by atoms with Crippen LogP contribution in [0.25, 0.3) is 0 Å². The third kappa shape index (κ3) is 3.48. The summed E-state index contributed by atoms with van der Waals surface area (Å²) in [4.78, 5) is 13.5. The predicted octanol–water partition coefficient (Wildman–Crippen LogP) is 3.33. The van der Waals surface area contributed by atoms with Gasteiger partial charge < -0.3 is 4.74 Å². The number of aldehydes is 1. The molecule has 17 heavy (non-hydrogen) atoms. The van der Waals surface area contributed by atoms with Crippen molar-refractivity contribution in [2.75, 3.05) is 0 Å². The second-order valence-corrected chi connectivity index (χ2v) is 3.79.